The van der Waals surface area contributed by atoms with Crippen LogP contribution in [0.15, 0.2) is 40.8 Å². The normalized spacial score (nSPS) is 11.0. The van der Waals surface area contributed by atoms with Gasteiger partial charge in [-0.25, -0.2) is 4.79 Å². The van der Waals surface area contributed by atoms with E-state index in [0.29, 0.717) is 16.5 Å². The highest BCUT2D eigenvalue weighted by Crippen LogP contribution is 2.28. The van der Waals surface area contributed by atoms with Gasteiger partial charge in [0.05, 0.1) is 0 Å². The van der Waals surface area contributed by atoms with Crippen LogP contribution >= 0.6 is 11.6 Å². The molecule has 1 aromatic heterocycles. The Morgan fingerprint density at radius 2 is 2.11 bits per heavy atom. The van der Waals surface area contributed by atoms with Crippen molar-refractivity contribution in [2.75, 3.05) is 0 Å². The van der Waals surface area contributed by atoms with E-state index >= 15 is 0 Å². The Balaban J connectivity index is 2.35. The minimum atomic E-state index is -1.01. The zero-order chi connectivity index (χ0) is 13.1. The molecule has 0 radical (unpaired) electrons. The standard InChI is InChI=1S/C14H11ClO3/c1-9-2-3-10(15)8-12(9)13-6-4-11(18-13)5-7-14(16)17/h2-8H,1H3,(H,16,17). The summed E-state index contributed by atoms with van der Waals surface area (Å²) in [5.41, 5.74) is 1.94. The average molecular weight is 263 g/mol. The number of carbonyl (C=O) groups is 1. The van der Waals surface area contributed by atoms with E-state index in [1.165, 1.54) is 6.08 Å². The molecule has 1 aromatic carbocycles. The summed E-state index contributed by atoms with van der Waals surface area (Å²) in [5.74, 6) is 0.152. The van der Waals surface area contributed by atoms with E-state index in [9.17, 15) is 4.79 Å². The quantitative estimate of drug-likeness (QED) is 0.851. The van der Waals surface area contributed by atoms with Gasteiger partial charge in [-0.15, -0.1) is 0 Å². The SMILES string of the molecule is Cc1ccc(Cl)cc1-c1ccc(C=CC(=O)O)o1. The average Bonchev–Trinajstić information content (AvgIpc) is 2.78. The van der Waals surface area contributed by atoms with Crippen LogP contribution < -0.4 is 0 Å². The van der Waals surface area contributed by atoms with E-state index in [4.69, 9.17) is 21.1 Å². The van der Waals surface area contributed by atoms with Gasteiger partial charge in [0.2, 0.25) is 0 Å². The zero-order valence-corrected chi connectivity index (χ0v) is 10.4. The summed E-state index contributed by atoms with van der Waals surface area (Å²) in [6, 6.07) is 9.05. The van der Waals surface area contributed by atoms with E-state index in [2.05, 4.69) is 0 Å². The number of benzene rings is 1. The molecule has 0 amide bonds. The zero-order valence-electron chi connectivity index (χ0n) is 9.68. The summed E-state index contributed by atoms with van der Waals surface area (Å²) in [5, 5.41) is 9.17. The number of halogens is 1. The second-order valence-electron chi connectivity index (χ2n) is 3.83. The Morgan fingerprint density at radius 3 is 2.83 bits per heavy atom. The van der Waals surface area contributed by atoms with E-state index in [-0.39, 0.29) is 0 Å². The molecule has 0 bridgehead atoms. The van der Waals surface area contributed by atoms with Crippen molar-refractivity contribution in [1.29, 1.82) is 0 Å². The van der Waals surface area contributed by atoms with Crippen LogP contribution in [-0.2, 0) is 4.79 Å². The van der Waals surface area contributed by atoms with Crippen LogP contribution in [0.4, 0.5) is 0 Å². The Bertz CT molecular complexity index is 611. The fraction of sp³-hybridized carbons (Fsp3) is 0.0714. The van der Waals surface area contributed by atoms with Crippen molar-refractivity contribution < 1.29 is 14.3 Å². The molecule has 0 spiro atoms. The number of rotatable bonds is 3. The molecule has 0 aliphatic rings. The first-order chi connectivity index (χ1) is 8.56. The van der Waals surface area contributed by atoms with Gasteiger partial charge in [-0.1, -0.05) is 17.7 Å². The second-order valence-corrected chi connectivity index (χ2v) is 4.27. The Hall–Kier alpha value is -2.00. The number of furan rings is 1. The van der Waals surface area contributed by atoms with E-state index in [1.54, 1.807) is 12.1 Å². The van der Waals surface area contributed by atoms with Gasteiger partial charge in [-0.05, 0) is 42.8 Å². The number of carboxylic acid groups (broad SMARTS) is 1. The minimum absolute atomic E-state index is 0.492. The maximum atomic E-state index is 10.4. The van der Waals surface area contributed by atoms with Gasteiger partial charge in [-0.3, -0.25) is 0 Å². The fourth-order valence-electron chi connectivity index (χ4n) is 1.60. The Morgan fingerprint density at radius 1 is 1.33 bits per heavy atom. The highest BCUT2D eigenvalue weighted by atomic mass is 35.5. The minimum Gasteiger partial charge on any atom is -0.478 e. The van der Waals surface area contributed by atoms with Crippen LogP contribution in [0.25, 0.3) is 17.4 Å². The molecule has 1 N–H and O–H groups in total. The molecule has 0 aliphatic carbocycles. The van der Waals surface area contributed by atoms with Gasteiger partial charge in [0.25, 0.3) is 0 Å². The third-order valence-corrected chi connectivity index (χ3v) is 2.72. The molecule has 4 heteroatoms. The van der Waals surface area contributed by atoms with Crippen LogP contribution in [0.1, 0.15) is 11.3 Å². The summed E-state index contributed by atoms with van der Waals surface area (Å²) >= 11 is 5.94. The maximum Gasteiger partial charge on any atom is 0.328 e. The molecular formula is C14H11ClO3. The van der Waals surface area contributed by atoms with Crippen molar-refractivity contribution in [3.8, 4) is 11.3 Å². The number of carboxylic acids is 1. The largest absolute Gasteiger partial charge is 0.478 e. The summed E-state index contributed by atoms with van der Waals surface area (Å²) in [6.07, 6.45) is 2.44. The first kappa shape index (κ1) is 12.5. The summed E-state index contributed by atoms with van der Waals surface area (Å²) in [4.78, 5) is 10.4. The van der Waals surface area contributed by atoms with Gasteiger partial charge in [-0.2, -0.15) is 0 Å². The predicted molar refractivity (Wildman–Crippen MR) is 70.6 cm³/mol. The van der Waals surface area contributed by atoms with E-state index in [1.807, 2.05) is 25.1 Å². The topological polar surface area (TPSA) is 50.4 Å². The van der Waals surface area contributed by atoms with Crippen molar-refractivity contribution in [2.24, 2.45) is 0 Å². The first-order valence-electron chi connectivity index (χ1n) is 5.33. The maximum absolute atomic E-state index is 10.4. The highest BCUT2D eigenvalue weighted by molar-refractivity contribution is 6.30. The van der Waals surface area contributed by atoms with Gasteiger partial charge < -0.3 is 9.52 Å². The third-order valence-electron chi connectivity index (χ3n) is 2.48. The molecular weight excluding hydrogens is 252 g/mol. The molecule has 92 valence electrons. The molecule has 0 saturated carbocycles. The Kier molecular flexibility index (Phi) is 3.53. The van der Waals surface area contributed by atoms with Gasteiger partial charge in [0.15, 0.2) is 0 Å². The van der Waals surface area contributed by atoms with Crippen LogP contribution in [-0.4, -0.2) is 11.1 Å². The summed E-state index contributed by atoms with van der Waals surface area (Å²) < 4.78 is 5.55. The molecule has 0 atom stereocenters. The molecule has 3 nitrogen and oxygen atoms in total. The number of aliphatic carboxylic acids is 1. The van der Waals surface area contributed by atoms with Crippen LogP contribution in [0, 0.1) is 6.92 Å². The lowest BCUT2D eigenvalue weighted by molar-refractivity contribution is -0.131. The molecule has 18 heavy (non-hydrogen) atoms. The van der Waals surface area contributed by atoms with Crippen LogP contribution in [0.2, 0.25) is 5.02 Å². The van der Waals surface area contributed by atoms with E-state index in [0.717, 1.165) is 17.2 Å². The molecule has 0 saturated heterocycles. The molecule has 2 rings (SSSR count). The van der Waals surface area contributed by atoms with Crippen molar-refractivity contribution in [3.63, 3.8) is 0 Å². The van der Waals surface area contributed by atoms with Crippen molar-refractivity contribution >= 4 is 23.6 Å². The molecule has 0 fully saturated rings. The monoisotopic (exact) mass is 262 g/mol. The smallest absolute Gasteiger partial charge is 0.328 e. The predicted octanol–water partition coefficient (Wildman–Crippen LogP) is 4.01. The fourth-order valence-corrected chi connectivity index (χ4v) is 1.77. The molecule has 2 aromatic rings. The van der Waals surface area contributed by atoms with Crippen molar-refractivity contribution in [3.05, 3.63) is 52.8 Å². The number of hydrogen-bond acceptors (Lipinski definition) is 2. The lowest BCUT2D eigenvalue weighted by atomic mass is 10.1. The highest BCUT2D eigenvalue weighted by Gasteiger charge is 2.07. The Labute approximate surface area is 109 Å². The van der Waals surface area contributed by atoms with Crippen LogP contribution in [0.3, 0.4) is 0 Å². The number of hydrogen-bond donors (Lipinski definition) is 1. The van der Waals surface area contributed by atoms with E-state index < -0.39 is 5.97 Å². The third kappa shape index (κ3) is 2.81. The number of aryl methyl sites for hydroxylation is 1. The first-order valence-corrected chi connectivity index (χ1v) is 5.71. The second kappa shape index (κ2) is 5.10. The molecule has 1 heterocycles. The molecule has 0 aliphatic heterocycles. The van der Waals surface area contributed by atoms with Gasteiger partial charge in [0.1, 0.15) is 11.5 Å². The van der Waals surface area contributed by atoms with Crippen molar-refractivity contribution in [2.45, 2.75) is 6.92 Å². The lowest BCUT2D eigenvalue weighted by Crippen LogP contribution is -1.84. The van der Waals surface area contributed by atoms with Crippen molar-refractivity contribution in [1.82, 2.24) is 0 Å². The summed E-state index contributed by atoms with van der Waals surface area (Å²) in [7, 11) is 0. The summed E-state index contributed by atoms with van der Waals surface area (Å²) in [6.45, 7) is 1.96. The lowest BCUT2D eigenvalue weighted by Gasteiger charge is -2.02. The van der Waals surface area contributed by atoms with Gasteiger partial charge >= 0.3 is 5.97 Å². The van der Waals surface area contributed by atoms with Gasteiger partial charge in [0, 0.05) is 16.7 Å². The molecule has 0 unspecified atom stereocenters. The van der Waals surface area contributed by atoms with Crippen LogP contribution in [0.5, 0.6) is 0 Å².